The molecule has 1 aliphatic rings. The molecule has 1 saturated heterocycles. The fourth-order valence-corrected chi connectivity index (χ4v) is 4.88. The SMILES string of the molecule is O=C(CN1CCN(CC(=O)NC(c2ccccc2)c2cccs2)CC1)Nc1ccccc1Cl. The third kappa shape index (κ3) is 6.65. The lowest BCUT2D eigenvalue weighted by Crippen LogP contribution is -2.51. The summed E-state index contributed by atoms with van der Waals surface area (Å²) in [6, 6.07) is 21.2. The topological polar surface area (TPSA) is 64.7 Å². The second-order valence-corrected chi connectivity index (χ2v) is 9.39. The molecular formula is C25H27ClN4O2S. The highest BCUT2D eigenvalue weighted by molar-refractivity contribution is 7.10. The highest BCUT2D eigenvalue weighted by Gasteiger charge is 2.23. The average Bonchev–Trinajstić information content (AvgIpc) is 3.36. The van der Waals surface area contributed by atoms with E-state index in [4.69, 9.17) is 11.6 Å². The Hall–Kier alpha value is -2.71. The molecule has 1 aliphatic heterocycles. The maximum absolute atomic E-state index is 12.8. The second-order valence-electron chi connectivity index (χ2n) is 8.01. The molecule has 1 aromatic heterocycles. The van der Waals surface area contributed by atoms with Crippen molar-refractivity contribution in [3.8, 4) is 0 Å². The summed E-state index contributed by atoms with van der Waals surface area (Å²) in [6.07, 6.45) is 0. The Kier molecular flexibility index (Phi) is 8.12. The number of benzene rings is 2. The van der Waals surface area contributed by atoms with Crippen molar-refractivity contribution < 1.29 is 9.59 Å². The van der Waals surface area contributed by atoms with E-state index in [0.29, 0.717) is 23.8 Å². The van der Waals surface area contributed by atoms with E-state index in [1.165, 1.54) is 0 Å². The lowest BCUT2D eigenvalue weighted by molar-refractivity contribution is -0.124. The summed E-state index contributed by atoms with van der Waals surface area (Å²) in [5.41, 5.74) is 1.70. The van der Waals surface area contributed by atoms with Gasteiger partial charge >= 0.3 is 0 Å². The number of thiophene rings is 1. The lowest BCUT2D eigenvalue weighted by Gasteiger charge is -2.34. The molecule has 172 valence electrons. The molecule has 1 atom stereocenters. The molecule has 1 unspecified atom stereocenters. The number of amides is 2. The van der Waals surface area contributed by atoms with Gasteiger partial charge in [0.25, 0.3) is 0 Å². The quantitative estimate of drug-likeness (QED) is 0.511. The van der Waals surface area contributed by atoms with Crippen LogP contribution in [-0.4, -0.2) is 60.9 Å². The van der Waals surface area contributed by atoms with Crippen molar-refractivity contribution in [2.24, 2.45) is 0 Å². The number of para-hydroxylation sites is 1. The number of rotatable bonds is 8. The monoisotopic (exact) mass is 482 g/mol. The minimum absolute atomic E-state index is 0.00201. The van der Waals surface area contributed by atoms with E-state index in [0.717, 1.165) is 36.6 Å². The van der Waals surface area contributed by atoms with Crippen molar-refractivity contribution in [1.29, 1.82) is 0 Å². The molecule has 2 N–H and O–H groups in total. The molecule has 0 spiro atoms. The predicted molar refractivity (Wildman–Crippen MR) is 134 cm³/mol. The van der Waals surface area contributed by atoms with Crippen molar-refractivity contribution in [2.45, 2.75) is 6.04 Å². The minimum Gasteiger partial charge on any atom is -0.343 e. The first kappa shape index (κ1) is 23.4. The Labute approximate surface area is 203 Å². The Bertz CT molecular complexity index is 1050. The Morgan fingerprint density at radius 3 is 2.12 bits per heavy atom. The van der Waals surface area contributed by atoms with Gasteiger partial charge in [-0.25, -0.2) is 0 Å². The molecular weight excluding hydrogens is 456 g/mol. The largest absolute Gasteiger partial charge is 0.343 e. The molecule has 0 aliphatic carbocycles. The molecule has 1 fully saturated rings. The number of nitrogens with one attached hydrogen (secondary N) is 2. The number of nitrogens with zero attached hydrogens (tertiary/aromatic N) is 2. The van der Waals surface area contributed by atoms with E-state index >= 15 is 0 Å². The summed E-state index contributed by atoms with van der Waals surface area (Å²) in [6.45, 7) is 3.59. The summed E-state index contributed by atoms with van der Waals surface area (Å²) < 4.78 is 0. The molecule has 2 amide bonds. The van der Waals surface area contributed by atoms with Gasteiger partial charge in [0.2, 0.25) is 11.8 Å². The van der Waals surface area contributed by atoms with Gasteiger partial charge in [0.1, 0.15) is 0 Å². The first-order chi connectivity index (χ1) is 16.1. The Balaban J connectivity index is 1.25. The first-order valence-corrected chi connectivity index (χ1v) is 12.2. The van der Waals surface area contributed by atoms with Crippen molar-refractivity contribution in [2.75, 3.05) is 44.6 Å². The van der Waals surface area contributed by atoms with Crippen LogP contribution in [0.2, 0.25) is 5.02 Å². The van der Waals surface area contributed by atoms with Gasteiger partial charge in [-0.05, 0) is 29.1 Å². The van der Waals surface area contributed by atoms with E-state index in [1.807, 2.05) is 53.9 Å². The molecule has 4 rings (SSSR count). The molecule has 8 heteroatoms. The molecule has 33 heavy (non-hydrogen) atoms. The average molecular weight is 483 g/mol. The number of hydrogen-bond donors (Lipinski definition) is 2. The first-order valence-electron chi connectivity index (χ1n) is 11.0. The van der Waals surface area contributed by atoms with Gasteiger partial charge in [-0.15, -0.1) is 11.3 Å². The summed E-state index contributed by atoms with van der Waals surface area (Å²) >= 11 is 7.75. The third-order valence-corrected chi connectivity index (χ3v) is 6.88. The Morgan fingerprint density at radius 2 is 1.48 bits per heavy atom. The van der Waals surface area contributed by atoms with Crippen LogP contribution in [0.4, 0.5) is 5.69 Å². The number of anilines is 1. The fourth-order valence-electron chi connectivity index (χ4n) is 3.89. The van der Waals surface area contributed by atoms with Crippen LogP contribution < -0.4 is 10.6 Å². The standard InChI is InChI=1S/C25H27ClN4O2S/c26-20-9-4-5-10-21(20)27-23(31)17-29-12-14-30(15-13-29)18-24(32)28-25(22-11-6-16-33-22)19-7-2-1-3-8-19/h1-11,16,25H,12-15,17-18H2,(H,27,31)(H,28,32). The van der Waals surface area contributed by atoms with E-state index < -0.39 is 0 Å². The summed E-state index contributed by atoms with van der Waals surface area (Å²) in [4.78, 5) is 30.6. The van der Waals surface area contributed by atoms with Gasteiger partial charge in [0.05, 0.1) is 29.8 Å². The van der Waals surface area contributed by atoms with Crippen LogP contribution in [0, 0.1) is 0 Å². The van der Waals surface area contributed by atoms with Crippen LogP contribution >= 0.6 is 22.9 Å². The Morgan fingerprint density at radius 1 is 0.848 bits per heavy atom. The highest BCUT2D eigenvalue weighted by atomic mass is 35.5. The number of carbonyl (C=O) groups excluding carboxylic acids is 2. The van der Waals surface area contributed by atoms with E-state index in [2.05, 4.69) is 26.5 Å². The summed E-state index contributed by atoms with van der Waals surface area (Å²) in [7, 11) is 0. The summed E-state index contributed by atoms with van der Waals surface area (Å²) in [5, 5.41) is 8.61. The van der Waals surface area contributed by atoms with E-state index in [1.54, 1.807) is 23.5 Å². The number of hydrogen-bond acceptors (Lipinski definition) is 5. The van der Waals surface area contributed by atoms with Crippen LogP contribution in [0.25, 0.3) is 0 Å². The molecule has 6 nitrogen and oxygen atoms in total. The van der Waals surface area contributed by atoms with Gasteiger partial charge in [0.15, 0.2) is 0 Å². The normalized spacial score (nSPS) is 15.7. The van der Waals surface area contributed by atoms with Crippen molar-refractivity contribution in [1.82, 2.24) is 15.1 Å². The maximum Gasteiger partial charge on any atom is 0.238 e. The maximum atomic E-state index is 12.8. The smallest absolute Gasteiger partial charge is 0.238 e. The zero-order valence-electron chi connectivity index (χ0n) is 18.2. The molecule has 0 bridgehead atoms. The lowest BCUT2D eigenvalue weighted by atomic mass is 10.1. The van der Waals surface area contributed by atoms with Crippen LogP contribution in [0.5, 0.6) is 0 Å². The van der Waals surface area contributed by atoms with Gasteiger partial charge in [-0.1, -0.05) is 60.1 Å². The minimum atomic E-state index is -0.145. The van der Waals surface area contributed by atoms with Crippen molar-refractivity contribution in [3.05, 3.63) is 87.6 Å². The number of piperazine rings is 1. The van der Waals surface area contributed by atoms with Gasteiger partial charge < -0.3 is 10.6 Å². The highest BCUT2D eigenvalue weighted by Crippen LogP contribution is 2.26. The molecule has 2 aromatic carbocycles. The number of carbonyl (C=O) groups is 2. The van der Waals surface area contributed by atoms with Crippen LogP contribution in [0.1, 0.15) is 16.5 Å². The zero-order valence-corrected chi connectivity index (χ0v) is 19.8. The predicted octanol–water partition coefficient (Wildman–Crippen LogP) is 3.86. The second kappa shape index (κ2) is 11.4. The van der Waals surface area contributed by atoms with Gasteiger partial charge in [0, 0.05) is 31.1 Å². The third-order valence-electron chi connectivity index (χ3n) is 5.61. The molecule has 3 aromatic rings. The molecule has 0 saturated carbocycles. The molecule has 0 radical (unpaired) electrons. The zero-order chi connectivity index (χ0) is 23.0. The number of halogens is 1. The summed E-state index contributed by atoms with van der Waals surface area (Å²) in [5.74, 6) is -0.0851. The van der Waals surface area contributed by atoms with Crippen LogP contribution in [-0.2, 0) is 9.59 Å². The van der Waals surface area contributed by atoms with E-state index in [-0.39, 0.29) is 17.9 Å². The van der Waals surface area contributed by atoms with Crippen molar-refractivity contribution in [3.63, 3.8) is 0 Å². The van der Waals surface area contributed by atoms with E-state index in [9.17, 15) is 9.59 Å². The van der Waals surface area contributed by atoms with Crippen LogP contribution in [0.3, 0.4) is 0 Å². The van der Waals surface area contributed by atoms with Gasteiger partial charge in [-0.3, -0.25) is 19.4 Å². The molecule has 2 heterocycles. The van der Waals surface area contributed by atoms with Gasteiger partial charge in [-0.2, -0.15) is 0 Å². The van der Waals surface area contributed by atoms with Crippen molar-refractivity contribution >= 4 is 40.4 Å². The fraction of sp³-hybridized carbons (Fsp3) is 0.280. The van der Waals surface area contributed by atoms with Crippen LogP contribution in [0.15, 0.2) is 72.1 Å².